The second-order valence-electron chi connectivity index (χ2n) is 6.99. The molecule has 2 aromatic rings. The highest BCUT2D eigenvalue weighted by Crippen LogP contribution is 2.30. The molecular formula is C21H25ClO4. The number of hydrogen-bond donors (Lipinski definition) is 0. The van der Waals surface area contributed by atoms with Gasteiger partial charge in [-0.05, 0) is 57.0 Å². The van der Waals surface area contributed by atoms with Crippen molar-refractivity contribution in [3.63, 3.8) is 0 Å². The largest absolute Gasteiger partial charge is 0.514 e. The minimum atomic E-state index is -0.727. The number of carbonyl (C=O) groups is 1. The molecule has 0 heterocycles. The summed E-state index contributed by atoms with van der Waals surface area (Å²) in [7, 11) is 0. The molecule has 0 fully saturated rings. The van der Waals surface area contributed by atoms with Crippen LogP contribution < -0.4 is 9.47 Å². The molecule has 0 bridgehead atoms. The molecule has 0 aliphatic rings. The van der Waals surface area contributed by atoms with Crippen molar-refractivity contribution in [2.75, 3.05) is 5.88 Å². The van der Waals surface area contributed by atoms with Crippen LogP contribution in [0, 0.1) is 6.92 Å². The SMILES string of the molecule is Cc1cc(OC(=O)OC(C)(C)C)ccc1O[C@H](CCCl)c1ccccc1. The molecular weight excluding hydrogens is 352 g/mol. The van der Waals surface area contributed by atoms with E-state index in [9.17, 15) is 4.79 Å². The lowest BCUT2D eigenvalue weighted by Crippen LogP contribution is -2.26. The minimum Gasteiger partial charge on any atom is -0.485 e. The van der Waals surface area contributed by atoms with E-state index in [1.54, 1.807) is 39.0 Å². The van der Waals surface area contributed by atoms with Crippen LogP contribution in [0.5, 0.6) is 11.5 Å². The zero-order valence-electron chi connectivity index (χ0n) is 15.6. The van der Waals surface area contributed by atoms with Crippen molar-refractivity contribution in [3.05, 3.63) is 59.7 Å². The van der Waals surface area contributed by atoms with Crippen molar-refractivity contribution in [2.45, 2.75) is 45.8 Å². The first-order chi connectivity index (χ1) is 12.3. The Labute approximate surface area is 160 Å². The van der Waals surface area contributed by atoms with Crippen LogP contribution >= 0.6 is 11.6 Å². The summed E-state index contributed by atoms with van der Waals surface area (Å²) in [6, 6.07) is 15.2. The van der Waals surface area contributed by atoms with Gasteiger partial charge in [-0.15, -0.1) is 11.6 Å². The predicted molar refractivity (Wildman–Crippen MR) is 103 cm³/mol. The van der Waals surface area contributed by atoms with Crippen LogP contribution in [0.1, 0.15) is 44.4 Å². The van der Waals surface area contributed by atoms with E-state index in [1.807, 2.05) is 37.3 Å². The Morgan fingerprint density at radius 2 is 1.81 bits per heavy atom. The van der Waals surface area contributed by atoms with Gasteiger partial charge in [-0.25, -0.2) is 4.79 Å². The molecule has 26 heavy (non-hydrogen) atoms. The van der Waals surface area contributed by atoms with E-state index in [1.165, 1.54) is 0 Å². The van der Waals surface area contributed by atoms with Crippen LogP contribution in [0.15, 0.2) is 48.5 Å². The molecule has 5 heteroatoms. The second kappa shape index (κ2) is 8.95. The standard InChI is InChI=1S/C21H25ClO4/c1-15-14-17(24-20(23)26-21(2,3)4)10-11-18(15)25-19(12-13-22)16-8-6-5-7-9-16/h5-11,14,19H,12-13H2,1-4H3/t19-/m1/s1. The first-order valence-electron chi connectivity index (χ1n) is 8.57. The van der Waals surface area contributed by atoms with E-state index >= 15 is 0 Å². The van der Waals surface area contributed by atoms with Crippen LogP contribution in [0.25, 0.3) is 0 Å². The van der Waals surface area contributed by atoms with Crippen LogP contribution in [-0.2, 0) is 4.74 Å². The normalized spacial score (nSPS) is 12.3. The maximum Gasteiger partial charge on any atom is 0.514 e. The molecule has 4 nitrogen and oxygen atoms in total. The van der Waals surface area contributed by atoms with E-state index in [2.05, 4.69) is 0 Å². The molecule has 0 radical (unpaired) electrons. The molecule has 2 rings (SSSR count). The highest BCUT2D eigenvalue weighted by Gasteiger charge is 2.19. The Kier molecular flexibility index (Phi) is 6.92. The smallest absolute Gasteiger partial charge is 0.485 e. The molecule has 0 aliphatic heterocycles. The van der Waals surface area contributed by atoms with Gasteiger partial charge in [0.1, 0.15) is 23.2 Å². The number of carbonyl (C=O) groups excluding carboxylic acids is 1. The Morgan fingerprint density at radius 3 is 2.38 bits per heavy atom. The van der Waals surface area contributed by atoms with E-state index in [-0.39, 0.29) is 6.10 Å². The molecule has 0 aromatic heterocycles. The number of rotatable bonds is 6. The maximum absolute atomic E-state index is 11.8. The van der Waals surface area contributed by atoms with Gasteiger partial charge in [-0.1, -0.05) is 30.3 Å². The molecule has 0 amide bonds. The maximum atomic E-state index is 11.8. The van der Waals surface area contributed by atoms with Crippen molar-refractivity contribution in [2.24, 2.45) is 0 Å². The summed E-state index contributed by atoms with van der Waals surface area (Å²) in [4.78, 5) is 11.8. The molecule has 0 saturated carbocycles. The average molecular weight is 377 g/mol. The third-order valence-electron chi connectivity index (χ3n) is 3.55. The van der Waals surface area contributed by atoms with Crippen LogP contribution in [-0.4, -0.2) is 17.6 Å². The summed E-state index contributed by atoms with van der Waals surface area (Å²) >= 11 is 5.94. The van der Waals surface area contributed by atoms with Gasteiger partial charge >= 0.3 is 6.16 Å². The van der Waals surface area contributed by atoms with Crippen LogP contribution in [0.2, 0.25) is 0 Å². The lowest BCUT2D eigenvalue weighted by molar-refractivity contribution is 0.0206. The molecule has 0 unspecified atom stereocenters. The van der Waals surface area contributed by atoms with Crippen molar-refractivity contribution in [1.29, 1.82) is 0 Å². The van der Waals surface area contributed by atoms with Gasteiger partial charge in [0.05, 0.1) is 0 Å². The molecule has 0 saturated heterocycles. The Hall–Kier alpha value is -2.20. The second-order valence-corrected chi connectivity index (χ2v) is 7.37. The summed E-state index contributed by atoms with van der Waals surface area (Å²) in [5.41, 5.74) is 1.34. The predicted octanol–water partition coefficient (Wildman–Crippen LogP) is 6.06. The third-order valence-corrected chi connectivity index (χ3v) is 3.77. The number of alkyl halides is 1. The van der Waals surface area contributed by atoms with Gasteiger partial charge in [-0.2, -0.15) is 0 Å². The molecule has 0 aliphatic carbocycles. The van der Waals surface area contributed by atoms with Crippen molar-refractivity contribution < 1.29 is 19.0 Å². The fourth-order valence-corrected chi connectivity index (χ4v) is 2.60. The Morgan fingerprint density at radius 1 is 1.12 bits per heavy atom. The Balaban J connectivity index is 2.09. The van der Waals surface area contributed by atoms with Gasteiger partial charge in [-0.3, -0.25) is 0 Å². The summed E-state index contributed by atoms with van der Waals surface area (Å²) in [6.45, 7) is 7.27. The van der Waals surface area contributed by atoms with Crippen molar-refractivity contribution >= 4 is 17.8 Å². The zero-order valence-corrected chi connectivity index (χ0v) is 16.4. The van der Waals surface area contributed by atoms with Gasteiger partial charge in [0, 0.05) is 12.3 Å². The lowest BCUT2D eigenvalue weighted by Gasteiger charge is -2.21. The molecule has 2 aromatic carbocycles. The van der Waals surface area contributed by atoms with Gasteiger partial charge < -0.3 is 14.2 Å². The quantitative estimate of drug-likeness (QED) is 0.349. The molecule has 1 atom stereocenters. The first kappa shape index (κ1) is 20.1. The van der Waals surface area contributed by atoms with E-state index in [0.29, 0.717) is 18.1 Å². The lowest BCUT2D eigenvalue weighted by atomic mass is 10.1. The van der Waals surface area contributed by atoms with E-state index in [4.69, 9.17) is 25.8 Å². The fraction of sp³-hybridized carbons (Fsp3) is 0.381. The van der Waals surface area contributed by atoms with Gasteiger partial charge in [0.2, 0.25) is 0 Å². The monoisotopic (exact) mass is 376 g/mol. The topological polar surface area (TPSA) is 44.8 Å². The Bertz CT molecular complexity index is 723. The highest BCUT2D eigenvalue weighted by molar-refractivity contribution is 6.17. The highest BCUT2D eigenvalue weighted by atomic mass is 35.5. The van der Waals surface area contributed by atoms with Crippen molar-refractivity contribution in [1.82, 2.24) is 0 Å². The number of hydrogen-bond acceptors (Lipinski definition) is 4. The fourth-order valence-electron chi connectivity index (χ4n) is 2.40. The number of aryl methyl sites for hydroxylation is 1. The van der Waals surface area contributed by atoms with Crippen LogP contribution in [0.3, 0.4) is 0 Å². The summed E-state index contributed by atoms with van der Waals surface area (Å²) in [5.74, 6) is 1.64. The molecule has 0 N–H and O–H groups in total. The van der Waals surface area contributed by atoms with E-state index in [0.717, 1.165) is 16.9 Å². The summed E-state index contributed by atoms with van der Waals surface area (Å²) in [5, 5.41) is 0. The number of halogens is 1. The third kappa shape index (κ3) is 6.26. The number of benzene rings is 2. The summed E-state index contributed by atoms with van der Waals surface area (Å²) in [6.07, 6.45) is -0.166. The van der Waals surface area contributed by atoms with Gasteiger partial charge in [0.25, 0.3) is 0 Å². The zero-order chi connectivity index (χ0) is 19.2. The van der Waals surface area contributed by atoms with Crippen LogP contribution in [0.4, 0.5) is 4.79 Å². The minimum absolute atomic E-state index is 0.134. The first-order valence-corrected chi connectivity index (χ1v) is 9.11. The van der Waals surface area contributed by atoms with Crippen molar-refractivity contribution in [3.8, 4) is 11.5 Å². The molecule has 140 valence electrons. The summed E-state index contributed by atoms with van der Waals surface area (Å²) < 4.78 is 16.5. The van der Waals surface area contributed by atoms with Gasteiger partial charge in [0.15, 0.2) is 0 Å². The number of ether oxygens (including phenoxy) is 3. The molecule has 0 spiro atoms. The average Bonchev–Trinajstić information content (AvgIpc) is 2.55. The van der Waals surface area contributed by atoms with E-state index < -0.39 is 11.8 Å².